The van der Waals surface area contributed by atoms with Gasteiger partial charge in [0.15, 0.2) is 18.9 Å². The largest absolute Gasteiger partial charge is 0.394 e. The molecule has 6 fully saturated rings. The van der Waals surface area contributed by atoms with Crippen molar-refractivity contribution < 1.29 is 94.5 Å². The van der Waals surface area contributed by atoms with Gasteiger partial charge in [0.05, 0.1) is 37.6 Å². The maximum atomic E-state index is 15.0. The van der Waals surface area contributed by atoms with Crippen molar-refractivity contribution in [3.8, 4) is 0 Å². The second-order valence-electron chi connectivity index (χ2n) is 22.8. The molecule has 0 aromatic rings. The van der Waals surface area contributed by atoms with Crippen LogP contribution < -0.4 is 0 Å². The summed E-state index contributed by atoms with van der Waals surface area (Å²) in [5.41, 5.74) is -2.17. The van der Waals surface area contributed by atoms with Crippen LogP contribution in [0.1, 0.15) is 107 Å². The van der Waals surface area contributed by atoms with Crippen LogP contribution in [-0.2, 0) is 33.2 Å². The molecule has 0 aromatic heterocycles. The van der Waals surface area contributed by atoms with Crippen LogP contribution in [0.4, 0.5) is 0 Å². The molecule has 7 rings (SSSR count). The fourth-order valence-corrected chi connectivity index (χ4v) is 14.0. The molecule has 19 heteroatoms. The number of aliphatic hydroxyl groups is 12. The van der Waals surface area contributed by atoms with E-state index in [4.69, 9.17) is 28.4 Å². The Morgan fingerprint density at radius 3 is 1.75 bits per heavy atom. The second kappa shape index (κ2) is 19.6. The average Bonchev–Trinajstić information content (AvgIpc) is 3.54. The van der Waals surface area contributed by atoms with Crippen molar-refractivity contribution in [3.05, 3.63) is 11.6 Å². The van der Waals surface area contributed by atoms with Gasteiger partial charge in [-0.2, -0.15) is 0 Å². The van der Waals surface area contributed by atoms with Crippen LogP contribution >= 0.6 is 0 Å². The number of rotatable bonds is 14. The SMILES string of the molecule is C[C@H](CC[C@@H](O[C@@H]1O[C@H](CO)[C@@H](O)[C@H](O)[C@H]1O[C@@H]1O[C@H](CO)[C@@H](O)[C@H](O)[C@H]1O)C(C)(C)O)[C@H]1CC[C@@]2(C)[C@H]3CC=C4[C@@H](CC[C@H](O[C@@H]5O[C@H](CO)[C@@H](O)[C@H](O)[C@H]5O)C4(C)C)[C@]3(C)C(=O)C[C@]12C. The van der Waals surface area contributed by atoms with E-state index in [2.05, 4.69) is 47.6 Å². The number of aliphatic hydroxyl groups excluding tert-OH is 11. The lowest BCUT2D eigenvalue weighted by molar-refractivity contribution is -0.375. The quantitative estimate of drug-likeness (QED) is 0.0944. The minimum Gasteiger partial charge on any atom is -0.394 e. The maximum Gasteiger partial charge on any atom is 0.187 e. The van der Waals surface area contributed by atoms with E-state index >= 15 is 4.79 Å². The van der Waals surface area contributed by atoms with Crippen LogP contribution in [0.5, 0.6) is 0 Å². The molecule has 0 bridgehead atoms. The minimum absolute atomic E-state index is 0.0482. The Bertz CT molecular complexity index is 1750. The van der Waals surface area contributed by atoms with Gasteiger partial charge in [0, 0.05) is 17.3 Å². The van der Waals surface area contributed by atoms with Crippen molar-refractivity contribution in [3.63, 3.8) is 0 Å². The molecule has 24 atom stereocenters. The Hall–Kier alpha value is -1.31. The molecule has 3 saturated heterocycles. The summed E-state index contributed by atoms with van der Waals surface area (Å²) in [5.74, 6) is 0.405. The van der Waals surface area contributed by atoms with E-state index in [0.29, 0.717) is 32.1 Å². The molecule has 7 aliphatic rings. The van der Waals surface area contributed by atoms with Crippen LogP contribution in [0.2, 0.25) is 0 Å². The van der Waals surface area contributed by atoms with Gasteiger partial charge in [0.1, 0.15) is 79.0 Å². The first-order valence-electron chi connectivity index (χ1n) is 24.4. The topological polar surface area (TPSA) is 315 Å². The molecule has 3 heterocycles. The van der Waals surface area contributed by atoms with E-state index in [1.54, 1.807) is 13.8 Å². The molecule has 0 aromatic carbocycles. The number of allylic oxidation sites excluding steroid dienone is 1. The van der Waals surface area contributed by atoms with E-state index in [0.717, 1.165) is 18.4 Å². The molecule has 19 nitrogen and oxygen atoms in total. The zero-order valence-corrected chi connectivity index (χ0v) is 40.2. The van der Waals surface area contributed by atoms with E-state index in [-0.39, 0.29) is 46.7 Å². The number of hydrogen-bond acceptors (Lipinski definition) is 19. The number of fused-ring (bicyclic) bond motifs is 5. The Balaban J connectivity index is 1.06. The molecule has 3 saturated carbocycles. The first-order valence-corrected chi connectivity index (χ1v) is 24.4. The van der Waals surface area contributed by atoms with Crippen LogP contribution in [-0.4, -0.2) is 197 Å². The summed E-state index contributed by atoms with van der Waals surface area (Å²) in [7, 11) is 0. The lowest BCUT2D eigenvalue weighted by atomic mass is 9.38. The highest BCUT2D eigenvalue weighted by Gasteiger charge is 2.70. The third-order valence-corrected chi connectivity index (χ3v) is 18.4. The van der Waals surface area contributed by atoms with Crippen molar-refractivity contribution >= 4 is 5.78 Å². The van der Waals surface area contributed by atoms with Gasteiger partial charge < -0.3 is 89.7 Å². The number of carbonyl (C=O) groups excluding carboxylic acids is 1. The Morgan fingerprint density at radius 2 is 1.21 bits per heavy atom. The van der Waals surface area contributed by atoms with Gasteiger partial charge in [-0.3, -0.25) is 4.79 Å². The summed E-state index contributed by atoms with van der Waals surface area (Å²) in [5, 5.41) is 126. The molecule has 0 amide bonds. The summed E-state index contributed by atoms with van der Waals surface area (Å²) >= 11 is 0. The summed E-state index contributed by atoms with van der Waals surface area (Å²) in [6, 6.07) is 0. The van der Waals surface area contributed by atoms with E-state index in [9.17, 15) is 61.3 Å². The van der Waals surface area contributed by atoms with Crippen molar-refractivity contribution in [1.29, 1.82) is 0 Å². The standard InChI is InChI=1S/C48H80O19/c1-21(9-13-31(45(4,5)61)66-43-40(37(58)34(55)27(20-51)64-43)67-42-39(60)36(57)33(54)26(19-50)63-42)22-15-16-46(6)28-12-10-23-24(48(28,8)29(52)17-47(22,46)7)11-14-30(44(23,2)3)65-41-38(59)35(56)32(53)25(18-49)62-41/h10,21-22,24-28,30-43,49-51,53-61H,9,11-20H2,1-8H3/t21-,22-,24-,25-,26-,27-,28-,30+,31-,32-,33-,34-,35+,36+,37+,38-,39-,40-,41+,42+,43+,46+,47-,48+/m1/s1. The predicted molar refractivity (Wildman–Crippen MR) is 234 cm³/mol. The number of Topliss-reactive ketones (excluding diaryl/α,β-unsaturated/α-hetero) is 1. The van der Waals surface area contributed by atoms with Gasteiger partial charge in [-0.05, 0) is 93.3 Å². The minimum atomic E-state index is -1.84. The fourth-order valence-electron chi connectivity index (χ4n) is 14.0. The summed E-state index contributed by atoms with van der Waals surface area (Å²) in [4.78, 5) is 15.0. The van der Waals surface area contributed by atoms with Crippen molar-refractivity contribution in [2.24, 2.45) is 45.3 Å². The Labute approximate surface area is 393 Å². The van der Waals surface area contributed by atoms with Crippen LogP contribution in [0, 0.1) is 45.3 Å². The van der Waals surface area contributed by atoms with Gasteiger partial charge in [-0.15, -0.1) is 0 Å². The molecule has 386 valence electrons. The third-order valence-electron chi connectivity index (χ3n) is 18.4. The lowest BCUT2D eigenvalue weighted by Crippen LogP contribution is -2.65. The summed E-state index contributed by atoms with van der Waals surface area (Å²) in [6.45, 7) is 14.2. The molecule has 0 spiro atoms. The smallest absolute Gasteiger partial charge is 0.187 e. The average molecular weight is 961 g/mol. The molecule has 12 N–H and O–H groups in total. The molecular weight excluding hydrogens is 881 g/mol. The molecule has 4 aliphatic carbocycles. The van der Waals surface area contributed by atoms with Gasteiger partial charge >= 0.3 is 0 Å². The Morgan fingerprint density at radius 1 is 0.687 bits per heavy atom. The van der Waals surface area contributed by atoms with Gasteiger partial charge in [0.2, 0.25) is 0 Å². The number of ether oxygens (including phenoxy) is 6. The van der Waals surface area contributed by atoms with Crippen LogP contribution in [0.15, 0.2) is 11.6 Å². The van der Waals surface area contributed by atoms with Gasteiger partial charge in [-0.25, -0.2) is 0 Å². The first-order chi connectivity index (χ1) is 31.2. The molecule has 0 unspecified atom stereocenters. The van der Waals surface area contributed by atoms with Crippen molar-refractivity contribution in [1.82, 2.24) is 0 Å². The second-order valence-corrected chi connectivity index (χ2v) is 22.8. The number of carbonyl (C=O) groups is 1. The van der Waals surface area contributed by atoms with E-state index in [1.165, 1.54) is 0 Å². The van der Waals surface area contributed by atoms with Crippen LogP contribution in [0.3, 0.4) is 0 Å². The zero-order valence-electron chi connectivity index (χ0n) is 40.2. The fraction of sp³-hybridized carbons (Fsp3) is 0.938. The molecular formula is C48H80O19. The van der Waals surface area contributed by atoms with Crippen LogP contribution in [0.25, 0.3) is 0 Å². The highest BCUT2D eigenvalue weighted by Crippen LogP contribution is 2.74. The summed E-state index contributed by atoms with van der Waals surface area (Å²) in [6.07, 6.45) is -17.4. The molecule has 67 heavy (non-hydrogen) atoms. The molecule has 3 aliphatic heterocycles. The first kappa shape index (κ1) is 53.5. The van der Waals surface area contributed by atoms with Crippen molar-refractivity contribution in [2.45, 2.75) is 217 Å². The van der Waals surface area contributed by atoms with Crippen molar-refractivity contribution in [2.75, 3.05) is 19.8 Å². The number of hydrogen-bond donors (Lipinski definition) is 12. The highest BCUT2D eigenvalue weighted by molar-refractivity contribution is 5.88. The lowest BCUT2D eigenvalue weighted by Gasteiger charge is -2.65. The zero-order chi connectivity index (χ0) is 49.5. The highest BCUT2D eigenvalue weighted by atomic mass is 16.8. The Kier molecular flexibility index (Phi) is 15.7. The van der Waals surface area contributed by atoms with E-state index < -0.39 is 141 Å². The number of ketones is 1. The third kappa shape index (κ3) is 9.04. The maximum absolute atomic E-state index is 15.0. The monoisotopic (exact) mass is 961 g/mol. The van der Waals surface area contributed by atoms with Gasteiger partial charge in [0.25, 0.3) is 0 Å². The van der Waals surface area contributed by atoms with Gasteiger partial charge in [-0.1, -0.05) is 53.2 Å². The normalized spacial score (nSPS) is 49.9. The van der Waals surface area contributed by atoms with E-state index in [1.807, 2.05) is 0 Å². The summed E-state index contributed by atoms with van der Waals surface area (Å²) < 4.78 is 35.9. The molecule has 0 radical (unpaired) electrons. The predicted octanol–water partition coefficient (Wildman–Crippen LogP) is -0.848.